The molecule has 6 heteroatoms. The first kappa shape index (κ1) is 29.1. The van der Waals surface area contributed by atoms with Gasteiger partial charge in [-0.15, -0.1) is 0 Å². The van der Waals surface area contributed by atoms with E-state index in [0.717, 1.165) is 70.7 Å². The fourth-order valence-electron chi connectivity index (χ4n) is 7.51. The van der Waals surface area contributed by atoms with Gasteiger partial charge in [0.05, 0.1) is 0 Å². The summed E-state index contributed by atoms with van der Waals surface area (Å²) in [6, 6.07) is 0. The molecule has 198 valence electrons. The minimum absolute atomic E-state index is 0.0621. The van der Waals surface area contributed by atoms with Crippen LogP contribution in [0.25, 0.3) is 0 Å². The summed E-state index contributed by atoms with van der Waals surface area (Å²) in [4.78, 5) is 28.0. The molecule has 2 fully saturated rings. The summed E-state index contributed by atoms with van der Waals surface area (Å²) in [5.41, 5.74) is 0.0177. The maximum atomic E-state index is 12.3. The van der Waals surface area contributed by atoms with Crippen molar-refractivity contribution in [3.63, 3.8) is 0 Å². The van der Waals surface area contributed by atoms with Crippen molar-refractivity contribution in [2.45, 2.75) is 134 Å². The molecule has 2 aliphatic rings. The molecule has 0 aromatic carbocycles. The molecular weight excluding hydrogens is 424 g/mol. The van der Waals surface area contributed by atoms with Crippen molar-refractivity contribution in [1.29, 1.82) is 0 Å². The first-order chi connectivity index (χ1) is 15.6. The second kappa shape index (κ2) is 10.5. The van der Waals surface area contributed by atoms with Gasteiger partial charge in [0, 0.05) is 34.2 Å². The Kier molecular flexibility index (Phi) is 8.95. The van der Waals surface area contributed by atoms with Gasteiger partial charge in [-0.25, -0.2) is 0 Å². The van der Waals surface area contributed by atoms with Crippen LogP contribution in [-0.4, -0.2) is 71.0 Å². The minimum atomic E-state index is -0.231. The number of hydrogen-bond donors (Lipinski definition) is 2. The Morgan fingerprint density at radius 3 is 1.47 bits per heavy atom. The third kappa shape index (κ3) is 5.98. The summed E-state index contributed by atoms with van der Waals surface area (Å²) < 4.78 is 0. The van der Waals surface area contributed by atoms with Gasteiger partial charge in [0.15, 0.2) is 0 Å². The summed E-state index contributed by atoms with van der Waals surface area (Å²) in [5.74, 6) is 0.819. The molecule has 2 heterocycles. The molecule has 2 amide bonds. The molecule has 0 aromatic rings. The van der Waals surface area contributed by atoms with Crippen molar-refractivity contribution in [3.05, 3.63) is 0 Å². The number of piperidine rings is 2. The first-order valence-corrected chi connectivity index (χ1v) is 13.4. The molecule has 0 radical (unpaired) electrons. The molecular formula is C28H54N4O2. The van der Waals surface area contributed by atoms with E-state index in [1.165, 1.54) is 0 Å². The number of nitrogens with one attached hydrogen (secondary N) is 2. The lowest BCUT2D eigenvalue weighted by Crippen LogP contribution is -2.69. The van der Waals surface area contributed by atoms with E-state index in [0.29, 0.717) is 11.8 Å². The van der Waals surface area contributed by atoms with Crippen LogP contribution in [0.15, 0.2) is 0 Å². The lowest BCUT2D eigenvalue weighted by Gasteiger charge is -2.63. The van der Waals surface area contributed by atoms with Crippen molar-refractivity contribution in [1.82, 2.24) is 20.4 Å². The van der Waals surface area contributed by atoms with Gasteiger partial charge in [0.2, 0.25) is 12.8 Å². The zero-order chi connectivity index (χ0) is 26.0. The smallest absolute Gasteiger partial charge is 0.207 e. The second-order valence-electron chi connectivity index (χ2n) is 13.8. The van der Waals surface area contributed by atoms with E-state index in [9.17, 15) is 9.59 Å². The molecule has 2 rings (SSSR count). The number of hydrogen-bond acceptors (Lipinski definition) is 4. The Labute approximate surface area is 210 Å². The third-order valence-corrected chi connectivity index (χ3v) is 9.90. The van der Waals surface area contributed by atoms with Crippen LogP contribution in [0.5, 0.6) is 0 Å². The lowest BCUT2D eigenvalue weighted by molar-refractivity contribution is -0.124. The summed E-state index contributed by atoms with van der Waals surface area (Å²) in [5, 5.41) is 6.32. The van der Waals surface area contributed by atoms with Crippen molar-refractivity contribution >= 4 is 12.8 Å². The number of unbranched alkanes of at least 4 members (excludes halogenated alkanes) is 2. The minimum Gasteiger partial charge on any atom is -0.359 e. The molecule has 0 saturated carbocycles. The van der Waals surface area contributed by atoms with Crippen LogP contribution < -0.4 is 10.6 Å². The van der Waals surface area contributed by atoms with E-state index < -0.39 is 0 Å². The van der Waals surface area contributed by atoms with E-state index in [1.54, 1.807) is 0 Å². The average molecular weight is 479 g/mol. The van der Waals surface area contributed by atoms with Gasteiger partial charge < -0.3 is 10.6 Å². The van der Waals surface area contributed by atoms with E-state index in [4.69, 9.17) is 0 Å². The third-order valence-electron chi connectivity index (χ3n) is 9.90. The number of amides is 2. The summed E-state index contributed by atoms with van der Waals surface area (Å²) in [6.07, 6.45) is 10.2. The molecule has 0 unspecified atom stereocenters. The van der Waals surface area contributed by atoms with Crippen LogP contribution in [0.2, 0.25) is 0 Å². The first-order valence-electron chi connectivity index (χ1n) is 13.4. The largest absolute Gasteiger partial charge is 0.359 e. The van der Waals surface area contributed by atoms with E-state index >= 15 is 0 Å². The van der Waals surface area contributed by atoms with Gasteiger partial charge in [-0.05, 0) is 120 Å². The molecule has 2 aliphatic heterocycles. The highest BCUT2D eigenvalue weighted by Gasteiger charge is 2.56. The fourth-order valence-corrected chi connectivity index (χ4v) is 7.51. The van der Waals surface area contributed by atoms with Gasteiger partial charge in [-0.2, -0.15) is 0 Å². The van der Waals surface area contributed by atoms with E-state index in [1.807, 2.05) is 0 Å². The van der Waals surface area contributed by atoms with Gasteiger partial charge in [-0.1, -0.05) is 12.8 Å². The van der Waals surface area contributed by atoms with Crippen LogP contribution in [0.3, 0.4) is 0 Å². The molecule has 0 bridgehead atoms. The Balaban J connectivity index is 2.48. The maximum Gasteiger partial charge on any atom is 0.207 e. The Morgan fingerprint density at radius 1 is 0.706 bits per heavy atom. The van der Waals surface area contributed by atoms with Crippen molar-refractivity contribution in [2.24, 2.45) is 11.8 Å². The highest BCUT2D eigenvalue weighted by Crippen LogP contribution is 2.53. The second-order valence-corrected chi connectivity index (χ2v) is 13.8. The lowest BCUT2D eigenvalue weighted by atomic mass is 9.56. The predicted molar refractivity (Wildman–Crippen MR) is 142 cm³/mol. The predicted octanol–water partition coefficient (Wildman–Crippen LogP) is 4.58. The maximum absolute atomic E-state index is 12.3. The Bertz CT molecular complexity index is 623. The van der Waals surface area contributed by atoms with Gasteiger partial charge in [-0.3, -0.25) is 19.4 Å². The zero-order valence-corrected chi connectivity index (χ0v) is 23.9. The van der Waals surface area contributed by atoms with Crippen LogP contribution in [0.1, 0.15) is 107 Å². The summed E-state index contributed by atoms with van der Waals surface area (Å²) >= 11 is 0. The van der Waals surface area contributed by atoms with E-state index in [2.05, 4.69) is 89.9 Å². The Hall–Kier alpha value is -1.14. The molecule has 0 spiro atoms. The molecule has 34 heavy (non-hydrogen) atoms. The average Bonchev–Trinajstić information content (AvgIpc) is 2.71. The molecule has 0 aromatic heterocycles. The van der Waals surface area contributed by atoms with Gasteiger partial charge in [0.25, 0.3) is 0 Å². The normalized spacial score (nSPS) is 25.6. The van der Waals surface area contributed by atoms with Crippen LogP contribution in [0, 0.1) is 11.8 Å². The SMILES string of the molecule is CN1C(C)(C)CC(C(CCCCCNC=O)(NC=O)C2CC(C)(C)N(C)C(C)(C)C2)CC1(C)C. The topological polar surface area (TPSA) is 64.7 Å². The molecule has 0 aliphatic carbocycles. The van der Waals surface area contributed by atoms with Crippen LogP contribution in [0.4, 0.5) is 0 Å². The van der Waals surface area contributed by atoms with Crippen molar-refractivity contribution in [3.8, 4) is 0 Å². The van der Waals surface area contributed by atoms with Crippen LogP contribution in [-0.2, 0) is 9.59 Å². The standard InChI is InChI=1S/C28H54N4O2/c1-24(2)16-22(17-25(3,4)31(24)9)28(30-21-34,14-12-11-13-15-29-20-33)23-18-26(5,6)32(10)27(7,8)19-23/h20-23H,11-19H2,1-10H3,(H,29,33)(H,30,34). The molecule has 0 atom stereocenters. The van der Waals surface area contributed by atoms with Gasteiger partial charge in [0.1, 0.15) is 0 Å². The fraction of sp³-hybridized carbons (Fsp3) is 0.929. The summed E-state index contributed by atoms with van der Waals surface area (Å²) in [6.45, 7) is 19.6. The highest BCUT2D eigenvalue weighted by atomic mass is 16.1. The van der Waals surface area contributed by atoms with E-state index in [-0.39, 0.29) is 27.7 Å². The highest BCUT2D eigenvalue weighted by molar-refractivity contribution is 5.48. The quantitative estimate of drug-likeness (QED) is 0.337. The monoisotopic (exact) mass is 478 g/mol. The number of rotatable bonds is 11. The van der Waals surface area contributed by atoms with Crippen molar-refractivity contribution < 1.29 is 9.59 Å². The number of carbonyl (C=O) groups is 2. The number of carbonyl (C=O) groups excluding carboxylic acids is 2. The summed E-state index contributed by atoms with van der Waals surface area (Å²) in [7, 11) is 4.51. The zero-order valence-electron chi connectivity index (χ0n) is 23.9. The number of nitrogens with zero attached hydrogens (tertiary/aromatic N) is 2. The molecule has 2 saturated heterocycles. The molecule has 2 N–H and O–H groups in total. The van der Waals surface area contributed by atoms with Crippen molar-refractivity contribution in [2.75, 3.05) is 20.6 Å². The van der Waals surface area contributed by atoms with Crippen LogP contribution >= 0.6 is 0 Å². The molecule has 6 nitrogen and oxygen atoms in total. The number of likely N-dealkylation sites (tertiary alicyclic amines) is 2. The Morgan fingerprint density at radius 2 is 1.12 bits per heavy atom. The van der Waals surface area contributed by atoms with Gasteiger partial charge >= 0.3 is 0 Å².